The molecule has 2 amide bonds. The molecular formula is C18H16N2O4S. The second-order valence-electron chi connectivity index (χ2n) is 5.41. The average molecular weight is 356 g/mol. The Kier molecular flexibility index (Phi) is 4.76. The van der Waals surface area contributed by atoms with Crippen molar-refractivity contribution in [2.24, 2.45) is 0 Å². The van der Waals surface area contributed by atoms with Crippen molar-refractivity contribution in [3.05, 3.63) is 59.7 Å². The number of nitrogens with one attached hydrogen (secondary N) is 1. The molecule has 1 N–H and O–H groups in total. The van der Waals surface area contributed by atoms with Crippen molar-refractivity contribution in [3.8, 4) is 0 Å². The van der Waals surface area contributed by atoms with Crippen molar-refractivity contribution in [2.75, 3.05) is 17.3 Å². The zero-order valence-electron chi connectivity index (χ0n) is 13.7. The summed E-state index contributed by atoms with van der Waals surface area (Å²) in [5, 5.41) is 1.81. The average Bonchev–Trinajstić information content (AvgIpc) is 2.89. The normalized spacial score (nSPS) is 16.9. The molecule has 2 aromatic carbocycles. The molecule has 1 aliphatic rings. The first-order chi connectivity index (χ1) is 12.0. The zero-order valence-corrected chi connectivity index (χ0v) is 14.5. The first-order valence-electron chi connectivity index (χ1n) is 7.57. The van der Waals surface area contributed by atoms with Gasteiger partial charge in [0.05, 0.1) is 18.4 Å². The Morgan fingerprint density at radius 1 is 1.12 bits per heavy atom. The van der Waals surface area contributed by atoms with Crippen LogP contribution in [0, 0.1) is 6.92 Å². The van der Waals surface area contributed by atoms with Crippen molar-refractivity contribution < 1.29 is 19.1 Å². The topological polar surface area (TPSA) is 75.7 Å². The van der Waals surface area contributed by atoms with Crippen LogP contribution in [-0.4, -0.2) is 29.6 Å². The molecule has 1 heterocycles. The Labute approximate surface area is 149 Å². The van der Waals surface area contributed by atoms with Gasteiger partial charge in [0.25, 0.3) is 11.1 Å². The monoisotopic (exact) mass is 356 g/mol. The molecule has 6 nitrogen and oxygen atoms in total. The maximum Gasteiger partial charge on any atom is 0.339 e. The number of rotatable bonds is 4. The van der Waals surface area contributed by atoms with E-state index in [0.29, 0.717) is 16.9 Å². The van der Waals surface area contributed by atoms with Crippen LogP contribution in [0.1, 0.15) is 15.9 Å². The predicted molar refractivity (Wildman–Crippen MR) is 96.8 cm³/mol. The molecule has 3 rings (SSSR count). The van der Waals surface area contributed by atoms with E-state index in [0.717, 1.165) is 17.3 Å². The number of benzene rings is 2. The molecule has 25 heavy (non-hydrogen) atoms. The molecule has 0 aromatic heterocycles. The third kappa shape index (κ3) is 3.23. The quantitative estimate of drug-likeness (QED) is 0.846. The maximum absolute atomic E-state index is 12.7. The number of amides is 2. The first kappa shape index (κ1) is 17.0. The molecule has 128 valence electrons. The minimum atomic E-state index is -0.807. The smallest absolute Gasteiger partial charge is 0.339 e. The van der Waals surface area contributed by atoms with Crippen molar-refractivity contribution in [2.45, 2.75) is 12.3 Å². The third-order valence-corrected chi connectivity index (χ3v) is 4.76. The van der Waals surface area contributed by atoms with Gasteiger partial charge >= 0.3 is 5.97 Å². The number of aryl methyl sites for hydroxylation is 1. The van der Waals surface area contributed by atoms with Crippen molar-refractivity contribution in [1.29, 1.82) is 0 Å². The van der Waals surface area contributed by atoms with Crippen LogP contribution in [0.3, 0.4) is 0 Å². The van der Waals surface area contributed by atoms with Crippen molar-refractivity contribution in [3.63, 3.8) is 0 Å². The Balaban J connectivity index is 1.87. The summed E-state index contributed by atoms with van der Waals surface area (Å²) < 4.78 is 4.75. The predicted octanol–water partition coefficient (Wildman–Crippen LogP) is 3.42. The van der Waals surface area contributed by atoms with Gasteiger partial charge in [-0.15, -0.1) is 0 Å². The number of carbonyl (C=O) groups is 3. The van der Waals surface area contributed by atoms with E-state index in [4.69, 9.17) is 4.74 Å². The maximum atomic E-state index is 12.7. The van der Waals surface area contributed by atoms with Crippen LogP contribution in [-0.2, 0) is 9.53 Å². The Morgan fingerprint density at radius 2 is 1.80 bits per heavy atom. The van der Waals surface area contributed by atoms with Crippen LogP contribution in [0.5, 0.6) is 0 Å². The minimum absolute atomic E-state index is 0.306. The number of esters is 1. The standard InChI is InChI=1S/C18H16N2O4S/c1-11-7-3-6-10-14(11)20-16(21)15(25-18(20)23)19-13-9-5-4-8-12(13)17(22)24-2/h3-10,15,19H,1-2H3. The molecule has 0 bridgehead atoms. The number of imide groups is 1. The summed E-state index contributed by atoms with van der Waals surface area (Å²) in [7, 11) is 1.29. The van der Waals surface area contributed by atoms with E-state index in [1.807, 2.05) is 19.1 Å². The molecule has 1 unspecified atom stereocenters. The molecule has 1 saturated heterocycles. The third-order valence-electron chi connectivity index (χ3n) is 3.82. The van der Waals surface area contributed by atoms with E-state index in [1.165, 1.54) is 12.0 Å². The van der Waals surface area contributed by atoms with Gasteiger partial charge in [-0.25, -0.2) is 9.69 Å². The van der Waals surface area contributed by atoms with Gasteiger partial charge in [0.2, 0.25) is 0 Å². The lowest BCUT2D eigenvalue weighted by molar-refractivity contribution is -0.116. The number of para-hydroxylation sites is 2. The van der Waals surface area contributed by atoms with Gasteiger partial charge in [-0.1, -0.05) is 30.3 Å². The number of hydrogen-bond donors (Lipinski definition) is 1. The molecule has 1 fully saturated rings. The van der Waals surface area contributed by atoms with Crippen molar-refractivity contribution in [1.82, 2.24) is 0 Å². The Morgan fingerprint density at radius 3 is 2.52 bits per heavy atom. The lowest BCUT2D eigenvalue weighted by atomic mass is 10.1. The minimum Gasteiger partial charge on any atom is -0.465 e. The number of ether oxygens (including phenoxy) is 1. The van der Waals surface area contributed by atoms with Gasteiger partial charge in [0.15, 0.2) is 5.37 Å². The van der Waals surface area contributed by atoms with Gasteiger partial charge in [-0.05, 0) is 42.4 Å². The SMILES string of the molecule is COC(=O)c1ccccc1NC1SC(=O)N(c2ccccc2C)C1=O. The van der Waals surface area contributed by atoms with Crippen LogP contribution in [0.15, 0.2) is 48.5 Å². The van der Waals surface area contributed by atoms with E-state index < -0.39 is 11.3 Å². The molecule has 1 atom stereocenters. The number of nitrogens with zero attached hydrogens (tertiary/aromatic N) is 1. The highest BCUT2D eigenvalue weighted by atomic mass is 32.2. The summed E-state index contributed by atoms with van der Waals surface area (Å²) >= 11 is 0.882. The number of thioether (sulfide) groups is 1. The van der Waals surface area contributed by atoms with E-state index in [2.05, 4.69) is 5.32 Å². The molecule has 1 aliphatic heterocycles. The van der Waals surface area contributed by atoms with Gasteiger partial charge < -0.3 is 10.1 Å². The summed E-state index contributed by atoms with van der Waals surface area (Å²) in [5.41, 5.74) is 2.15. The fourth-order valence-electron chi connectivity index (χ4n) is 2.57. The highest BCUT2D eigenvalue weighted by Crippen LogP contribution is 2.34. The number of anilines is 2. The van der Waals surface area contributed by atoms with Crippen LogP contribution in [0.2, 0.25) is 0 Å². The highest BCUT2D eigenvalue weighted by molar-refractivity contribution is 8.16. The molecular weight excluding hydrogens is 340 g/mol. The van der Waals surface area contributed by atoms with Gasteiger partial charge in [0, 0.05) is 5.69 Å². The number of carbonyl (C=O) groups excluding carboxylic acids is 3. The van der Waals surface area contributed by atoms with E-state index in [1.54, 1.807) is 36.4 Å². The van der Waals surface area contributed by atoms with E-state index in [-0.39, 0.29) is 11.1 Å². The highest BCUT2D eigenvalue weighted by Gasteiger charge is 2.41. The molecule has 2 aromatic rings. The lowest BCUT2D eigenvalue weighted by Crippen LogP contribution is -2.35. The van der Waals surface area contributed by atoms with Crippen LogP contribution >= 0.6 is 11.8 Å². The lowest BCUT2D eigenvalue weighted by Gasteiger charge is -2.17. The Bertz CT molecular complexity index is 852. The Hall–Kier alpha value is -2.80. The molecule has 0 radical (unpaired) electrons. The van der Waals surface area contributed by atoms with Gasteiger partial charge in [-0.3, -0.25) is 9.59 Å². The largest absolute Gasteiger partial charge is 0.465 e. The summed E-state index contributed by atoms with van der Waals surface area (Å²) in [6, 6.07) is 13.9. The summed E-state index contributed by atoms with van der Waals surface area (Å²) in [6.07, 6.45) is 0. The summed E-state index contributed by atoms with van der Waals surface area (Å²) in [6.45, 7) is 1.84. The van der Waals surface area contributed by atoms with Crippen LogP contribution < -0.4 is 10.2 Å². The second-order valence-corrected chi connectivity index (χ2v) is 6.46. The number of hydrogen-bond acceptors (Lipinski definition) is 6. The van der Waals surface area contributed by atoms with E-state index in [9.17, 15) is 14.4 Å². The summed E-state index contributed by atoms with van der Waals surface area (Å²) in [5.74, 6) is -0.885. The second kappa shape index (κ2) is 6.98. The summed E-state index contributed by atoms with van der Waals surface area (Å²) in [4.78, 5) is 38.1. The van der Waals surface area contributed by atoms with E-state index >= 15 is 0 Å². The van der Waals surface area contributed by atoms with Crippen molar-refractivity contribution >= 4 is 40.3 Å². The van der Waals surface area contributed by atoms with Crippen LogP contribution in [0.25, 0.3) is 0 Å². The molecule has 0 aliphatic carbocycles. The number of methoxy groups -OCH3 is 1. The van der Waals surface area contributed by atoms with Gasteiger partial charge in [0.1, 0.15) is 0 Å². The molecule has 0 saturated carbocycles. The van der Waals surface area contributed by atoms with Gasteiger partial charge in [-0.2, -0.15) is 0 Å². The van der Waals surface area contributed by atoms with Crippen LogP contribution in [0.4, 0.5) is 16.2 Å². The first-order valence-corrected chi connectivity index (χ1v) is 8.45. The zero-order chi connectivity index (χ0) is 18.0. The fourth-order valence-corrected chi connectivity index (χ4v) is 3.46. The fraction of sp³-hybridized carbons (Fsp3) is 0.167. The molecule has 0 spiro atoms. The molecule has 7 heteroatoms.